The quantitative estimate of drug-likeness (QED) is 0.366. The molecule has 3 amide bonds. The first-order valence-electron chi connectivity index (χ1n) is 13.0. The highest BCUT2D eigenvalue weighted by atomic mass is 32.1. The number of carbonyl (C=O) groups is 3. The molecule has 1 fully saturated rings. The molecule has 0 radical (unpaired) electrons. The van der Waals surface area contributed by atoms with E-state index in [1.54, 1.807) is 0 Å². The maximum Gasteiger partial charge on any atom is 0.273 e. The summed E-state index contributed by atoms with van der Waals surface area (Å²) in [5.74, 6) is -1.96. The van der Waals surface area contributed by atoms with Gasteiger partial charge in [-0.3, -0.25) is 19.3 Å². The van der Waals surface area contributed by atoms with Crippen LogP contribution in [0.1, 0.15) is 96.1 Å². The number of nitrogens with two attached hydrogens (primary N) is 2. The topological polar surface area (TPSA) is 131 Å². The van der Waals surface area contributed by atoms with E-state index in [-0.39, 0.29) is 16.3 Å². The molecular formula is C29H34FN5O3S. The predicted molar refractivity (Wildman–Crippen MR) is 151 cm³/mol. The SMILES string of the molecule is CC(C)(C)NC(=O)C(c1ccc(F)cc1)N(C(=O)c1snc(C(N)=O)c1N)c1ccc(C2CCCCC2)cc1. The Labute approximate surface area is 231 Å². The van der Waals surface area contributed by atoms with Gasteiger partial charge in [-0.25, -0.2) is 4.39 Å². The van der Waals surface area contributed by atoms with Crippen molar-refractivity contribution in [1.82, 2.24) is 9.69 Å². The van der Waals surface area contributed by atoms with E-state index >= 15 is 0 Å². The third kappa shape index (κ3) is 6.44. The molecular weight excluding hydrogens is 517 g/mol. The van der Waals surface area contributed by atoms with Gasteiger partial charge in [0.25, 0.3) is 11.8 Å². The second kappa shape index (κ2) is 11.5. The van der Waals surface area contributed by atoms with Crippen LogP contribution in [0, 0.1) is 5.82 Å². The second-order valence-electron chi connectivity index (χ2n) is 10.9. The summed E-state index contributed by atoms with van der Waals surface area (Å²) in [5, 5.41) is 2.95. The van der Waals surface area contributed by atoms with Gasteiger partial charge in [-0.05, 0) is 86.5 Å². The second-order valence-corrected chi connectivity index (χ2v) is 11.7. The zero-order valence-corrected chi connectivity index (χ0v) is 23.2. The lowest BCUT2D eigenvalue weighted by atomic mass is 9.84. The number of carbonyl (C=O) groups excluding carboxylic acids is 3. The number of nitrogens with zero attached hydrogens (tertiary/aromatic N) is 2. The van der Waals surface area contributed by atoms with E-state index in [4.69, 9.17) is 11.5 Å². The summed E-state index contributed by atoms with van der Waals surface area (Å²) < 4.78 is 17.9. The van der Waals surface area contributed by atoms with Gasteiger partial charge in [0.1, 0.15) is 16.7 Å². The number of nitrogens with one attached hydrogen (secondary N) is 1. The van der Waals surface area contributed by atoms with Crippen LogP contribution in [0.25, 0.3) is 0 Å². The molecule has 1 aliphatic rings. The van der Waals surface area contributed by atoms with Crippen molar-refractivity contribution in [2.45, 2.75) is 70.4 Å². The summed E-state index contributed by atoms with van der Waals surface area (Å²) in [6.45, 7) is 5.49. The minimum atomic E-state index is -1.17. The molecule has 0 bridgehead atoms. The van der Waals surface area contributed by atoms with Gasteiger partial charge < -0.3 is 16.8 Å². The van der Waals surface area contributed by atoms with Gasteiger partial charge in [0.05, 0.1) is 5.69 Å². The van der Waals surface area contributed by atoms with Crippen LogP contribution in [-0.4, -0.2) is 27.6 Å². The monoisotopic (exact) mass is 551 g/mol. The molecule has 10 heteroatoms. The fourth-order valence-electron chi connectivity index (χ4n) is 4.97. The molecule has 0 saturated heterocycles. The van der Waals surface area contributed by atoms with E-state index in [0.29, 0.717) is 17.2 Å². The summed E-state index contributed by atoms with van der Waals surface area (Å²) in [6.07, 6.45) is 5.83. The first-order chi connectivity index (χ1) is 18.5. The number of primary amides is 1. The lowest BCUT2D eigenvalue weighted by Crippen LogP contribution is -2.49. The van der Waals surface area contributed by atoms with Crippen LogP contribution < -0.4 is 21.7 Å². The maximum atomic E-state index is 14.2. The molecule has 4 rings (SSSR count). The van der Waals surface area contributed by atoms with Gasteiger partial charge in [0, 0.05) is 11.2 Å². The Morgan fingerprint density at radius 2 is 1.64 bits per heavy atom. The average Bonchev–Trinajstić information content (AvgIpc) is 3.29. The van der Waals surface area contributed by atoms with E-state index in [9.17, 15) is 18.8 Å². The lowest BCUT2D eigenvalue weighted by Gasteiger charge is -2.34. The molecule has 1 aromatic heterocycles. The predicted octanol–water partition coefficient (Wildman–Crippen LogP) is 5.31. The largest absolute Gasteiger partial charge is 0.395 e. The molecule has 1 saturated carbocycles. The highest BCUT2D eigenvalue weighted by molar-refractivity contribution is 7.09. The minimum Gasteiger partial charge on any atom is -0.395 e. The average molecular weight is 552 g/mol. The van der Waals surface area contributed by atoms with Crippen molar-refractivity contribution in [2.75, 3.05) is 10.6 Å². The van der Waals surface area contributed by atoms with Crippen molar-refractivity contribution >= 4 is 40.6 Å². The Morgan fingerprint density at radius 3 is 2.18 bits per heavy atom. The van der Waals surface area contributed by atoms with Crippen molar-refractivity contribution < 1.29 is 18.8 Å². The van der Waals surface area contributed by atoms with Crippen molar-refractivity contribution in [2.24, 2.45) is 5.73 Å². The third-order valence-corrected chi connectivity index (χ3v) is 7.66. The fourth-order valence-corrected chi connectivity index (χ4v) is 5.71. The van der Waals surface area contributed by atoms with Crippen LogP contribution in [0.5, 0.6) is 0 Å². The van der Waals surface area contributed by atoms with Crippen molar-refractivity contribution in [3.05, 3.63) is 76.0 Å². The molecule has 1 heterocycles. The molecule has 3 aromatic rings. The van der Waals surface area contributed by atoms with Crippen molar-refractivity contribution in [1.29, 1.82) is 0 Å². The Bertz CT molecular complexity index is 1340. The fraction of sp³-hybridized carbons (Fsp3) is 0.379. The number of amides is 3. The van der Waals surface area contributed by atoms with E-state index < -0.39 is 35.1 Å². The lowest BCUT2D eigenvalue weighted by molar-refractivity contribution is -0.123. The zero-order chi connectivity index (χ0) is 28.3. The smallest absolute Gasteiger partial charge is 0.273 e. The number of hydrogen-bond donors (Lipinski definition) is 3. The number of nitrogen functional groups attached to an aromatic ring is 1. The highest BCUT2D eigenvalue weighted by Gasteiger charge is 2.37. The molecule has 8 nitrogen and oxygen atoms in total. The zero-order valence-electron chi connectivity index (χ0n) is 22.4. The normalized spacial score (nSPS) is 15.0. The van der Waals surface area contributed by atoms with Gasteiger partial charge >= 0.3 is 0 Å². The van der Waals surface area contributed by atoms with Crippen LogP contribution in [0.15, 0.2) is 48.5 Å². The summed E-state index contributed by atoms with van der Waals surface area (Å²) in [6, 6.07) is 11.9. The minimum absolute atomic E-state index is 0.0178. The molecule has 2 aromatic carbocycles. The molecule has 39 heavy (non-hydrogen) atoms. The Hall–Kier alpha value is -3.79. The summed E-state index contributed by atoms with van der Waals surface area (Å²) in [5.41, 5.74) is 12.6. The Kier molecular flexibility index (Phi) is 8.34. The van der Waals surface area contributed by atoms with Crippen molar-refractivity contribution in [3.8, 4) is 0 Å². The van der Waals surface area contributed by atoms with E-state index in [2.05, 4.69) is 9.69 Å². The molecule has 0 aliphatic heterocycles. The number of benzene rings is 2. The van der Waals surface area contributed by atoms with Crippen LogP contribution in [0.3, 0.4) is 0 Å². The van der Waals surface area contributed by atoms with E-state index in [1.807, 2.05) is 45.0 Å². The van der Waals surface area contributed by atoms with Crippen LogP contribution >= 0.6 is 11.5 Å². The molecule has 1 unspecified atom stereocenters. The molecule has 5 N–H and O–H groups in total. The maximum absolute atomic E-state index is 14.2. The van der Waals surface area contributed by atoms with Crippen molar-refractivity contribution in [3.63, 3.8) is 0 Å². The molecule has 0 spiro atoms. The Balaban J connectivity index is 1.85. The van der Waals surface area contributed by atoms with Crippen LogP contribution in [0.2, 0.25) is 0 Å². The van der Waals surface area contributed by atoms with Gasteiger partial charge in [-0.15, -0.1) is 0 Å². The van der Waals surface area contributed by atoms with Gasteiger partial charge in [0.15, 0.2) is 5.69 Å². The summed E-state index contributed by atoms with van der Waals surface area (Å²) in [7, 11) is 0. The van der Waals surface area contributed by atoms with Crippen LogP contribution in [0.4, 0.5) is 15.8 Å². The Morgan fingerprint density at radius 1 is 1.03 bits per heavy atom. The molecule has 1 aliphatic carbocycles. The van der Waals surface area contributed by atoms with Gasteiger partial charge in [0.2, 0.25) is 5.91 Å². The van der Waals surface area contributed by atoms with E-state index in [1.165, 1.54) is 54.0 Å². The number of halogens is 1. The first kappa shape index (κ1) is 28.2. The number of hydrogen-bond acceptors (Lipinski definition) is 6. The third-order valence-electron chi connectivity index (χ3n) is 6.81. The molecule has 1 atom stereocenters. The summed E-state index contributed by atoms with van der Waals surface area (Å²) in [4.78, 5) is 41.1. The first-order valence-corrected chi connectivity index (χ1v) is 13.8. The number of aromatic nitrogens is 1. The highest BCUT2D eigenvalue weighted by Crippen LogP contribution is 2.37. The van der Waals surface area contributed by atoms with Crippen LogP contribution in [-0.2, 0) is 4.79 Å². The standard InChI is InChI=1S/C29H34FN5O3S/c1-29(2,3)33-27(37)24(19-9-13-20(30)14-10-19)35(28(38)25-22(31)23(26(32)36)34-39-25)21-15-11-18(12-16-21)17-7-5-4-6-8-17/h9-17,24H,4-8,31H2,1-3H3,(H2,32,36)(H,33,37). The number of anilines is 2. The molecule has 206 valence electrons. The number of rotatable bonds is 7. The summed E-state index contributed by atoms with van der Waals surface area (Å²) >= 11 is 0.743. The van der Waals surface area contributed by atoms with E-state index in [0.717, 1.165) is 24.4 Å². The van der Waals surface area contributed by atoms with Gasteiger partial charge in [-0.1, -0.05) is 43.5 Å². The van der Waals surface area contributed by atoms with Gasteiger partial charge in [-0.2, -0.15) is 4.37 Å².